The van der Waals surface area contributed by atoms with Gasteiger partial charge < -0.3 is 4.74 Å². The Labute approximate surface area is 80.0 Å². The Balaban J connectivity index is 2.23. The number of rotatable bonds is 3. The molecule has 1 aliphatic rings. The summed E-state index contributed by atoms with van der Waals surface area (Å²) in [5.41, 5.74) is 0. The van der Waals surface area contributed by atoms with Crippen LogP contribution < -0.4 is 0 Å². The molecule has 2 nitrogen and oxygen atoms in total. The van der Waals surface area contributed by atoms with Crippen LogP contribution in [0.25, 0.3) is 0 Å². The monoisotopic (exact) mass is 182 g/mol. The number of carbonyl (C=O) groups is 1. The topological polar surface area (TPSA) is 26.3 Å². The number of hydrogen-bond acceptors (Lipinski definition) is 2. The van der Waals surface area contributed by atoms with Gasteiger partial charge in [-0.25, -0.2) is 0 Å². The Morgan fingerprint density at radius 3 is 2.92 bits per heavy atom. The highest BCUT2D eigenvalue weighted by molar-refractivity contribution is 5.66. The van der Waals surface area contributed by atoms with Crippen LogP contribution in [-0.2, 0) is 9.53 Å². The van der Waals surface area contributed by atoms with Gasteiger partial charge in [0.15, 0.2) is 0 Å². The molecule has 0 aromatic rings. The van der Waals surface area contributed by atoms with Crippen molar-refractivity contribution in [2.45, 2.75) is 45.6 Å². The summed E-state index contributed by atoms with van der Waals surface area (Å²) in [6.07, 6.45) is 8.88. The van der Waals surface area contributed by atoms with E-state index in [1.807, 2.05) is 6.92 Å². The summed E-state index contributed by atoms with van der Waals surface area (Å²) in [7, 11) is 0. The Hall–Kier alpha value is -0.790. The fourth-order valence-electron chi connectivity index (χ4n) is 1.91. The Kier molecular flexibility index (Phi) is 4.00. The quantitative estimate of drug-likeness (QED) is 0.495. The Morgan fingerprint density at radius 2 is 2.31 bits per heavy atom. The summed E-state index contributed by atoms with van der Waals surface area (Å²) in [6, 6.07) is 0. The van der Waals surface area contributed by atoms with Crippen LogP contribution in [0.4, 0.5) is 0 Å². The lowest BCUT2D eigenvalue weighted by atomic mass is 10.0. The molecule has 74 valence electrons. The lowest BCUT2D eigenvalue weighted by molar-refractivity contribution is -0.146. The normalized spacial score (nSPS) is 28.2. The largest absolute Gasteiger partial charge is 0.463 e. The zero-order valence-corrected chi connectivity index (χ0v) is 8.45. The standard InChI is InChI=1S/C11H18O2/c1-3-4-5-10-6-7-11(8-10)13-9(2)12/h3-4,10-11H,5-8H2,1-2H3/b4-3+. The molecule has 1 rings (SSSR count). The van der Waals surface area contributed by atoms with Crippen molar-refractivity contribution in [2.75, 3.05) is 0 Å². The smallest absolute Gasteiger partial charge is 0.302 e. The Morgan fingerprint density at radius 1 is 1.54 bits per heavy atom. The van der Waals surface area contributed by atoms with Crippen LogP contribution in [0.3, 0.4) is 0 Å². The first-order valence-corrected chi connectivity index (χ1v) is 5.00. The molecular weight excluding hydrogens is 164 g/mol. The minimum absolute atomic E-state index is 0.142. The molecule has 2 atom stereocenters. The fraction of sp³-hybridized carbons (Fsp3) is 0.727. The van der Waals surface area contributed by atoms with E-state index in [1.165, 1.54) is 13.3 Å². The molecule has 1 fully saturated rings. The number of carbonyl (C=O) groups excluding carboxylic acids is 1. The van der Waals surface area contributed by atoms with Crippen molar-refractivity contribution in [3.8, 4) is 0 Å². The minimum atomic E-state index is -0.142. The molecule has 0 spiro atoms. The van der Waals surface area contributed by atoms with Crippen LogP contribution in [-0.4, -0.2) is 12.1 Å². The highest BCUT2D eigenvalue weighted by Gasteiger charge is 2.25. The molecule has 0 aromatic carbocycles. The van der Waals surface area contributed by atoms with Crippen LogP contribution in [0.2, 0.25) is 0 Å². The number of allylic oxidation sites excluding steroid dienone is 2. The maximum absolute atomic E-state index is 10.7. The van der Waals surface area contributed by atoms with E-state index in [1.54, 1.807) is 0 Å². The van der Waals surface area contributed by atoms with Gasteiger partial charge in [-0.1, -0.05) is 12.2 Å². The molecule has 0 saturated heterocycles. The lowest BCUT2D eigenvalue weighted by Crippen LogP contribution is -2.12. The first-order valence-electron chi connectivity index (χ1n) is 5.00. The molecule has 2 unspecified atom stereocenters. The maximum Gasteiger partial charge on any atom is 0.302 e. The van der Waals surface area contributed by atoms with E-state index in [-0.39, 0.29) is 12.1 Å². The van der Waals surface area contributed by atoms with Crippen molar-refractivity contribution in [1.29, 1.82) is 0 Å². The fourth-order valence-corrected chi connectivity index (χ4v) is 1.91. The summed E-state index contributed by atoms with van der Waals surface area (Å²) in [6.45, 7) is 3.53. The van der Waals surface area contributed by atoms with E-state index in [2.05, 4.69) is 12.2 Å². The molecule has 13 heavy (non-hydrogen) atoms. The van der Waals surface area contributed by atoms with Crippen LogP contribution in [0, 0.1) is 5.92 Å². The first-order chi connectivity index (χ1) is 6.22. The van der Waals surface area contributed by atoms with Gasteiger partial charge in [0.2, 0.25) is 0 Å². The van der Waals surface area contributed by atoms with E-state index < -0.39 is 0 Å². The molecule has 1 saturated carbocycles. The zero-order chi connectivity index (χ0) is 9.68. The van der Waals surface area contributed by atoms with Crippen molar-refractivity contribution < 1.29 is 9.53 Å². The molecule has 0 aliphatic heterocycles. The molecule has 0 heterocycles. The van der Waals surface area contributed by atoms with E-state index >= 15 is 0 Å². The van der Waals surface area contributed by atoms with Gasteiger partial charge in [-0.3, -0.25) is 4.79 Å². The highest BCUT2D eigenvalue weighted by Crippen LogP contribution is 2.30. The third-order valence-corrected chi connectivity index (χ3v) is 2.53. The van der Waals surface area contributed by atoms with Gasteiger partial charge in [0, 0.05) is 6.92 Å². The van der Waals surface area contributed by atoms with Crippen LogP contribution in [0.1, 0.15) is 39.5 Å². The molecule has 0 radical (unpaired) electrons. The number of hydrogen-bond donors (Lipinski definition) is 0. The SMILES string of the molecule is C/C=C/CC1CCC(OC(C)=O)C1. The zero-order valence-electron chi connectivity index (χ0n) is 8.45. The first kappa shape index (κ1) is 10.3. The van der Waals surface area contributed by atoms with Gasteiger partial charge in [0.05, 0.1) is 0 Å². The second-order valence-electron chi connectivity index (χ2n) is 3.72. The van der Waals surface area contributed by atoms with Gasteiger partial charge in [0.1, 0.15) is 6.10 Å². The van der Waals surface area contributed by atoms with Crippen molar-refractivity contribution in [1.82, 2.24) is 0 Å². The van der Waals surface area contributed by atoms with Gasteiger partial charge in [-0.2, -0.15) is 0 Å². The second kappa shape index (κ2) is 5.05. The lowest BCUT2D eigenvalue weighted by Gasteiger charge is -2.09. The van der Waals surface area contributed by atoms with Crippen LogP contribution >= 0.6 is 0 Å². The second-order valence-corrected chi connectivity index (χ2v) is 3.72. The van der Waals surface area contributed by atoms with Crippen molar-refractivity contribution >= 4 is 5.97 Å². The van der Waals surface area contributed by atoms with Gasteiger partial charge in [0.25, 0.3) is 0 Å². The van der Waals surface area contributed by atoms with E-state index in [9.17, 15) is 4.79 Å². The van der Waals surface area contributed by atoms with E-state index in [0.717, 1.165) is 25.2 Å². The third-order valence-electron chi connectivity index (χ3n) is 2.53. The molecular formula is C11H18O2. The third kappa shape index (κ3) is 3.62. The van der Waals surface area contributed by atoms with Gasteiger partial charge in [-0.15, -0.1) is 0 Å². The number of esters is 1. The summed E-state index contributed by atoms with van der Waals surface area (Å²) in [5.74, 6) is 0.581. The minimum Gasteiger partial charge on any atom is -0.463 e. The van der Waals surface area contributed by atoms with Crippen molar-refractivity contribution in [3.05, 3.63) is 12.2 Å². The van der Waals surface area contributed by atoms with Crippen molar-refractivity contribution in [2.24, 2.45) is 5.92 Å². The molecule has 0 bridgehead atoms. The average molecular weight is 182 g/mol. The summed E-state index contributed by atoms with van der Waals surface area (Å²) < 4.78 is 5.16. The predicted molar refractivity (Wildman–Crippen MR) is 52.3 cm³/mol. The molecule has 0 aromatic heterocycles. The predicted octanol–water partition coefficient (Wildman–Crippen LogP) is 2.68. The summed E-state index contributed by atoms with van der Waals surface area (Å²) >= 11 is 0. The summed E-state index contributed by atoms with van der Waals surface area (Å²) in [5, 5.41) is 0. The van der Waals surface area contributed by atoms with E-state index in [0.29, 0.717) is 0 Å². The summed E-state index contributed by atoms with van der Waals surface area (Å²) in [4.78, 5) is 10.7. The molecule has 2 heteroatoms. The van der Waals surface area contributed by atoms with Gasteiger partial charge in [-0.05, 0) is 38.5 Å². The van der Waals surface area contributed by atoms with Crippen LogP contribution in [0.5, 0.6) is 0 Å². The molecule has 0 amide bonds. The van der Waals surface area contributed by atoms with Crippen LogP contribution in [0.15, 0.2) is 12.2 Å². The Bertz CT molecular complexity index is 196. The molecule has 1 aliphatic carbocycles. The average Bonchev–Trinajstić information content (AvgIpc) is 2.48. The molecule has 0 N–H and O–H groups in total. The highest BCUT2D eigenvalue weighted by atomic mass is 16.5. The van der Waals surface area contributed by atoms with Crippen molar-refractivity contribution in [3.63, 3.8) is 0 Å². The maximum atomic E-state index is 10.7. The number of ether oxygens (including phenoxy) is 1. The van der Waals surface area contributed by atoms with Gasteiger partial charge >= 0.3 is 5.97 Å². The van der Waals surface area contributed by atoms with E-state index in [4.69, 9.17) is 4.74 Å².